The number of likely N-dealkylation sites (N-methyl/N-ethyl adjacent to an activating group) is 1. The molecule has 1 aliphatic heterocycles. The van der Waals surface area contributed by atoms with E-state index in [-0.39, 0.29) is 16.4 Å². The van der Waals surface area contributed by atoms with E-state index in [4.69, 9.17) is 0 Å². The zero-order chi connectivity index (χ0) is 21.1. The molecule has 0 amide bonds. The number of nitrogens with one attached hydrogen (secondary N) is 1. The van der Waals surface area contributed by atoms with Gasteiger partial charge in [-0.05, 0) is 37.2 Å². The normalized spacial score (nSPS) is 14.8. The van der Waals surface area contributed by atoms with E-state index in [9.17, 15) is 14.5 Å². The number of halogens is 1. The lowest BCUT2D eigenvalue weighted by Crippen LogP contribution is -2.44. The molecule has 2 heterocycles. The van der Waals surface area contributed by atoms with Crippen molar-refractivity contribution in [2.45, 2.75) is 6.42 Å². The van der Waals surface area contributed by atoms with Crippen molar-refractivity contribution in [2.24, 2.45) is 0 Å². The van der Waals surface area contributed by atoms with Gasteiger partial charge in [0.25, 0.3) is 5.69 Å². The Morgan fingerprint density at radius 1 is 1.13 bits per heavy atom. The number of nitrogens with zero attached hydrogens (tertiary/aromatic N) is 5. The second-order valence-electron chi connectivity index (χ2n) is 7.43. The van der Waals surface area contributed by atoms with Crippen LogP contribution in [0.5, 0.6) is 0 Å². The molecule has 0 spiro atoms. The highest BCUT2D eigenvalue weighted by molar-refractivity contribution is 5.94. The van der Waals surface area contributed by atoms with Crippen LogP contribution in [0.15, 0.2) is 42.7 Å². The summed E-state index contributed by atoms with van der Waals surface area (Å²) in [5.41, 5.74) is 2.31. The fourth-order valence-electron chi connectivity index (χ4n) is 3.64. The monoisotopic (exact) mass is 410 g/mol. The fourth-order valence-corrected chi connectivity index (χ4v) is 3.64. The van der Waals surface area contributed by atoms with Gasteiger partial charge in [-0.2, -0.15) is 0 Å². The smallest absolute Gasteiger partial charge is 0.293 e. The third-order valence-electron chi connectivity index (χ3n) is 5.39. The third kappa shape index (κ3) is 4.30. The Morgan fingerprint density at radius 2 is 1.87 bits per heavy atom. The van der Waals surface area contributed by atoms with Gasteiger partial charge in [0.15, 0.2) is 0 Å². The number of hydrogen-bond donors (Lipinski definition) is 1. The van der Waals surface area contributed by atoms with Crippen LogP contribution in [0.25, 0.3) is 10.9 Å². The summed E-state index contributed by atoms with van der Waals surface area (Å²) in [4.78, 5) is 24.3. The molecule has 1 aliphatic rings. The topological polar surface area (TPSA) is 87.4 Å². The minimum absolute atomic E-state index is 0.0587. The molecule has 1 saturated heterocycles. The number of benzene rings is 2. The van der Waals surface area contributed by atoms with Crippen LogP contribution in [0.2, 0.25) is 0 Å². The summed E-state index contributed by atoms with van der Waals surface area (Å²) >= 11 is 0. The van der Waals surface area contributed by atoms with E-state index in [2.05, 4.69) is 20.2 Å². The Balaban J connectivity index is 1.59. The average Bonchev–Trinajstić information content (AvgIpc) is 2.75. The Labute approximate surface area is 173 Å². The first-order valence-corrected chi connectivity index (χ1v) is 9.86. The molecule has 4 rings (SSSR count). The lowest BCUT2D eigenvalue weighted by atomic mass is 10.1. The molecule has 1 N–H and O–H groups in total. The lowest BCUT2D eigenvalue weighted by molar-refractivity contribution is -0.384. The predicted molar refractivity (Wildman–Crippen MR) is 114 cm³/mol. The van der Waals surface area contributed by atoms with Crippen molar-refractivity contribution in [2.75, 3.05) is 50.0 Å². The van der Waals surface area contributed by atoms with Crippen LogP contribution in [0.4, 0.5) is 21.6 Å². The van der Waals surface area contributed by atoms with Gasteiger partial charge in [-0.25, -0.2) is 14.4 Å². The first-order chi connectivity index (χ1) is 14.5. The molecular weight excluding hydrogens is 387 g/mol. The zero-order valence-electron chi connectivity index (χ0n) is 16.7. The van der Waals surface area contributed by atoms with E-state index in [0.717, 1.165) is 31.7 Å². The summed E-state index contributed by atoms with van der Waals surface area (Å²) in [6, 6.07) is 9.68. The van der Waals surface area contributed by atoms with Crippen LogP contribution in [0.1, 0.15) is 5.56 Å². The number of aromatic nitrogens is 2. The van der Waals surface area contributed by atoms with Crippen molar-refractivity contribution in [3.63, 3.8) is 0 Å². The number of nitro groups is 1. The SMILES string of the molecule is CN1CCN(c2cc3ncnc(NCCc4ccc(F)cc4)c3cc2[N+](=O)[O-])CC1. The van der Waals surface area contributed by atoms with E-state index in [1.54, 1.807) is 24.3 Å². The Hall–Kier alpha value is -3.33. The quantitative estimate of drug-likeness (QED) is 0.494. The maximum Gasteiger partial charge on any atom is 0.293 e. The molecule has 1 fully saturated rings. The predicted octanol–water partition coefficient (Wildman–Crippen LogP) is 3.08. The summed E-state index contributed by atoms with van der Waals surface area (Å²) in [5.74, 6) is 0.284. The van der Waals surface area contributed by atoms with Gasteiger partial charge in [0, 0.05) is 44.2 Å². The summed E-state index contributed by atoms with van der Waals surface area (Å²) in [5, 5.41) is 15.6. The Kier molecular flexibility index (Phi) is 5.71. The molecule has 0 aliphatic carbocycles. The van der Waals surface area contributed by atoms with Crippen molar-refractivity contribution in [1.29, 1.82) is 0 Å². The molecule has 30 heavy (non-hydrogen) atoms. The van der Waals surface area contributed by atoms with Crippen LogP contribution in [-0.2, 0) is 6.42 Å². The summed E-state index contributed by atoms with van der Waals surface area (Å²) in [6.07, 6.45) is 2.13. The highest BCUT2D eigenvalue weighted by Crippen LogP contribution is 2.34. The standard InChI is InChI=1S/C21H23FN6O2/c1-26-8-10-27(11-9-26)19-13-18-17(12-20(19)28(29)30)21(25-14-24-18)23-7-6-15-2-4-16(22)5-3-15/h2-5,12-14H,6-11H2,1H3,(H,23,24,25). The van der Waals surface area contributed by atoms with Crippen molar-refractivity contribution in [3.05, 3.63) is 64.2 Å². The number of hydrogen-bond acceptors (Lipinski definition) is 7. The maximum atomic E-state index is 13.0. The molecule has 1 aromatic heterocycles. The Morgan fingerprint density at radius 3 is 2.57 bits per heavy atom. The summed E-state index contributed by atoms with van der Waals surface area (Å²) < 4.78 is 13.0. The molecule has 3 aromatic rings. The first kappa shape index (κ1) is 20.0. The second kappa shape index (κ2) is 8.58. The molecule has 0 bridgehead atoms. The van der Waals surface area contributed by atoms with Gasteiger partial charge in [0.2, 0.25) is 0 Å². The van der Waals surface area contributed by atoms with Crippen LogP contribution in [0, 0.1) is 15.9 Å². The van der Waals surface area contributed by atoms with E-state index < -0.39 is 0 Å². The first-order valence-electron chi connectivity index (χ1n) is 9.86. The molecular formula is C21H23FN6O2. The van der Waals surface area contributed by atoms with E-state index in [0.29, 0.717) is 35.4 Å². The molecule has 0 unspecified atom stereocenters. The lowest BCUT2D eigenvalue weighted by Gasteiger charge is -2.33. The van der Waals surface area contributed by atoms with Gasteiger partial charge in [-0.1, -0.05) is 12.1 Å². The van der Waals surface area contributed by atoms with Crippen LogP contribution in [-0.4, -0.2) is 59.6 Å². The molecule has 9 heteroatoms. The number of fused-ring (bicyclic) bond motifs is 1. The second-order valence-corrected chi connectivity index (χ2v) is 7.43. The van der Waals surface area contributed by atoms with Crippen LogP contribution >= 0.6 is 0 Å². The van der Waals surface area contributed by atoms with Gasteiger partial charge in [-0.15, -0.1) is 0 Å². The highest BCUT2D eigenvalue weighted by Gasteiger charge is 2.24. The van der Waals surface area contributed by atoms with Crippen molar-refractivity contribution in [3.8, 4) is 0 Å². The minimum Gasteiger partial charge on any atom is -0.369 e. The van der Waals surface area contributed by atoms with E-state index in [1.165, 1.54) is 18.5 Å². The van der Waals surface area contributed by atoms with Crippen LogP contribution in [0.3, 0.4) is 0 Å². The molecule has 0 radical (unpaired) electrons. The molecule has 2 aromatic carbocycles. The molecule has 8 nitrogen and oxygen atoms in total. The highest BCUT2D eigenvalue weighted by atomic mass is 19.1. The largest absolute Gasteiger partial charge is 0.369 e. The zero-order valence-corrected chi connectivity index (χ0v) is 16.7. The van der Waals surface area contributed by atoms with Crippen LogP contribution < -0.4 is 10.2 Å². The summed E-state index contributed by atoms with van der Waals surface area (Å²) in [7, 11) is 2.04. The van der Waals surface area contributed by atoms with Gasteiger partial charge >= 0.3 is 0 Å². The fraction of sp³-hybridized carbons (Fsp3) is 0.333. The molecule has 156 valence electrons. The van der Waals surface area contributed by atoms with E-state index >= 15 is 0 Å². The molecule has 0 saturated carbocycles. The van der Waals surface area contributed by atoms with E-state index in [1.807, 2.05) is 11.9 Å². The molecule has 0 atom stereocenters. The van der Waals surface area contributed by atoms with Gasteiger partial charge in [-0.3, -0.25) is 10.1 Å². The van der Waals surface area contributed by atoms with Crippen molar-refractivity contribution < 1.29 is 9.31 Å². The van der Waals surface area contributed by atoms with Crippen molar-refractivity contribution >= 4 is 28.1 Å². The van der Waals surface area contributed by atoms with Gasteiger partial charge in [0.1, 0.15) is 23.6 Å². The number of piperazine rings is 1. The number of rotatable bonds is 6. The average molecular weight is 410 g/mol. The van der Waals surface area contributed by atoms with Gasteiger partial charge in [0.05, 0.1) is 10.4 Å². The van der Waals surface area contributed by atoms with Crippen molar-refractivity contribution in [1.82, 2.24) is 14.9 Å². The van der Waals surface area contributed by atoms with Gasteiger partial charge < -0.3 is 15.1 Å². The minimum atomic E-state index is -0.345. The number of nitro benzene ring substituents is 1. The third-order valence-corrected chi connectivity index (χ3v) is 5.39. The number of anilines is 2. The summed E-state index contributed by atoms with van der Waals surface area (Å²) in [6.45, 7) is 3.74. The Bertz CT molecular complexity index is 1050. The maximum absolute atomic E-state index is 13.0.